The Morgan fingerprint density at radius 2 is 1.11 bits per heavy atom. The number of hydrogen-bond donors (Lipinski definition) is 0. The molecule has 0 unspecified atom stereocenters. The van der Waals surface area contributed by atoms with Crippen LogP contribution < -0.4 is 5.46 Å². The van der Waals surface area contributed by atoms with Crippen molar-refractivity contribution in [2.24, 2.45) is 0 Å². The molecule has 0 nitrogen and oxygen atoms in total. The van der Waals surface area contributed by atoms with Crippen molar-refractivity contribution in [1.82, 2.24) is 0 Å². The van der Waals surface area contributed by atoms with E-state index < -0.39 is 0 Å². The van der Waals surface area contributed by atoms with Gasteiger partial charge in [-0.05, 0) is 20.3 Å². The van der Waals surface area contributed by atoms with E-state index in [1.54, 1.807) is 12.1 Å². The van der Waals surface area contributed by atoms with Gasteiger partial charge in [-0.15, -0.1) is 0 Å². The summed E-state index contributed by atoms with van der Waals surface area (Å²) in [7, 11) is -0.137. The van der Waals surface area contributed by atoms with E-state index in [-0.39, 0.29) is 13.1 Å². The maximum Gasteiger partial charge on any atom is 0.120 e. The Kier molecular flexibility index (Phi) is 15.6. The minimum atomic E-state index is -0.137. The summed E-state index contributed by atoms with van der Waals surface area (Å²) < 4.78 is 13.3. The maximum atomic E-state index is 13.3. The smallest absolute Gasteiger partial charge is 0.120 e. The van der Waals surface area contributed by atoms with Gasteiger partial charge in [-0.2, -0.15) is 6.32 Å². The molecule has 0 aliphatic heterocycles. The Bertz CT molecular complexity index is 458. The highest BCUT2D eigenvalue weighted by Gasteiger charge is 1.97. The zero-order chi connectivity index (χ0) is 19.6. The average molecular weight is 375 g/mol. The summed E-state index contributed by atoms with van der Waals surface area (Å²) in [5, 5.41) is 0. The van der Waals surface area contributed by atoms with E-state index in [1.807, 2.05) is 6.07 Å². The highest BCUT2D eigenvalue weighted by molar-refractivity contribution is 6.53. The molecular weight excluding hydrogens is 330 g/mol. The number of unbranched alkanes of at least 4 members (excludes halogenated alkanes) is 15. The van der Waals surface area contributed by atoms with Crippen LogP contribution in [0.25, 0.3) is 0 Å². The van der Waals surface area contributed by atoms with Crippen molar-refractivity contribution in [1.29, 1.82) is 0 Å². The van der Waals surface area contributed by atoms with Gasteiger partial charge < -0.3 is 0 Å². The molecule has 0 aliphatic carbocycles. The SMILES string of the molecule is CCCCCCCCCCCCCCCCCC[BH2-]c1cc(F)ccc1C. The molecule has 156 valence electrons. The summed E-state index contributed by atoms with van der Waals surface area (Å²) in [6, 6.07) is 5.28. The Hall–Kier alpha value is -0.785. The van der Waals surface area contributed by atoms with E-state index in [9.17, 15) is 4.39 Å². The largest absolute Gasteiger partial charge is 0.211 e. The zero-order valence-electron chi connectivity index (χ0n) is 18.6. The molecule has 0 amide bonds. The van der Waals surface area contributed by atoms with Crippen LogP contribution in [0.1, 0.15) is 115 Å². The fourth-order valence-electron chi connectivity index (χ4n) is 4.33. The lowest BCUT2D eigenvalue weighted by atomic mass is 9.64. The number of benzene rings is 1. The van der Waals surface area contributed by atoms with E-state index in [4.69, 9.17) is 0 Å². The second-order valence-corrected chi connectivity index (χ2v) is 8.89. The van der Waals surface area contributed by atoms with Gasteiger partial charge in [0.25, 0.3) is 0 Å². The molecule has 1 aromatic carbocycles. The van der Waals surface area contributed by atoms with Crippen LogP contribution in [0.2, 0.25) is 6.32 Å². The summed E-state index contributed by atoms with van der Waals surface area (Å²) in [5.74, 6) is -0.0636. The van der Waals surface area contributed by atoms with Gasteiger partial charge in [0, 0.05) is 0 Å². The molecule has 1 rings (SSSR count). The molecule has 0 bridgehead atoms. The van der Waals surface area contributed by atoms with Gasteiger partial charge in [-0.25, -0.2) is 9.85 Å². The molecule has 27 heavy (non-hydrogen) atoms. The van der Waals surface area contributed by atoms with Crippen molar-refractivity contribution < 1.29 is 4.39 Å². The molecule has 0 aromatic heterocycles. The molecule has 0 N–H and O–H groups in total. The topological polar surface area (TPSA) is 0 Å². The lowest BCUT2D eigenvalue weighted by molar-refractivity contribution is 0.531. The van der Waals surface area contributed by atoms with E-state index in [2.05, 4.69) is 13.8 Å². The highest BCUT2D eigenvalue weighted by atomic mass is 19.1. The number of halogens is 1. The predicted molar refractivity (Wildman–Crippen MR) is 124 cm³/mol. The van der Waals surface area contributed by atoms with Crippen LogP contribution in [0.15, 0.2) is 18.2 Å². The molecule has 0 spiro atoms. The monoisotopic (exact) mass is 375 g/mol. The van der Waals surface area contributed by atoms with E-state index >= 15 is 0 Å². The van der Waals surface area contributed by atoms with Crippen LogP contribution in [0.3, 0.4) is 0 Å². The molecule has 0 aliphatic rings. The summed E-state index contributed by atoms with van der Waals surface area (Å²) >= 11 is 0. The average Bonchev–Trinajstić information content (AvgIpc) is 2.67. The summed E-state index contributed by atoms with van der Waals surface area (Å²) in [4.78, 5) is 0. The van der Waals surface area contributed by atoms with Gasteiger partial charge in [-0.1, -0.05) is 127 Å². The van der Waals surface area contributed by atoms with E-state index in [0.29, 0.717) is 0 Å². The number of rotatable bonds is 18. The standard InChI is InChI=1S/C25H45BF/c1-3-4-5-6-7-8-9-10-11-12-13-14-15-16-17-18-21-26-25-22-24(27)20-19-23(25)2/h19-20,22H,3-18,21,26H2,1-2H3/q-1. The predicted octanol–water partition coefficient (Wildman–Crippen LogP) is 7.61. The van der Waals surface area contributed by atoms with Crippen molar-refractivity contribution in [3.8, 4) is 0 Å². The van der Waals surface area contributed by atoms with Crippen LogP contribution >= 0.6 is 0 Å². The molecule has 0 saturated heterocycles. The molecule has 0 saturated carbocycles. The molecule has 1 aromatic rings. The van der Waals surface area contributed by atoms with Gasteiger partial charge in [0.15, 0.2) is 0 Å². The molecule has 2 heteroatoms. The fraction of sp³-hybridized carbons (Fsp3) is 0.760. The van der Waals surface area contributed by atoms with E-state index in [1.165, 1.54) is 120 Å². The first-order valence-electron chi connectivity index (χ1n) is 12.3. The van der Waals surface area contributed by atoms with Gasteiger partial charge in [-0.3, -0.25) is 0 Å². The second kappa shape index (κ2) is 17.3. The Morgan fingerprint density at radius 1 is 0.667 bits per heavy atom. The minimum Gasteiger partial charge on any atom is -0.211 e. The lowest BCUT2D eigenvalue weighted by Gasteiger charge is -2.11. The van der Waals surface area contributed by atoms with Crippen molar-refractivity contribution in [2.75, 3.05) is 0 Å². The number of hydrogen-bond acceptors (Lipinski definition) is 0. The van der Waals surface area contributed by atoms with Gasteiger partial charge >= 0.3 is 0 Å². The summed E-state index contributed by atoms with van der Waals surface area (Å²) in [6.45, 7) is 4.41. The van der Waals surface area contributed by atoms with Crippen LogP contribution in [0.4, 0.5) is 4.39 Å². The van der Waals surface area contributed by atoms with Crippen LogP contribution in [0.5, 0.6) is 0 Å². The fourth-order valence-corrected chi connectivity index (χ4v) is 4.33. The second-order valence-electron chi connectivity index (χ2n) is 8.89. The minimum absolute atomic E-state index is 0.0636. The Balaban J connectivity index is 1.78. The normalized spacial score (nSPS) is 11.2. The lowest BCUT2D eigenvalue weighted by Crippen LogP contribution is -2.17. The molecule has 0 radical (unpaired) electrons. The van der Waals surface area contributed by atoms with E-state index in [0.717, 1.165) is 0 Å². The molecule has 0 atom stereocenters. The van der Waals surface area contributed by atoms with Gasteiger partial charge in [0.05, 0.1) is 0 Å². The Morgan fingerprint density at radius 3 is 1.59 bits per heavy atom. The number of aryl methyl sites for hydroxylation is 1. The van der Waals surface area contributed by atoms with Crippen LogP contribution in [0, 0.1) is 12.7 Å². The van der Waals surface area contributed by atoms with Gasteiger partial charge in [0.1, 0.15) is 5.82 Å². The highest BCUT2D eigenvalue weighted by Crippen LogP contribution is 2.14. The van der Waals surface area contributed by atoms with Crippen molar-refractivity contribution in [3.05, 3.63) is 29.6 Å². The first kappa shape index (κ1) is 24.3. The summed E-state index contributed by atoms with van der Waals surface area (Å²) in [6.07, 6.45) is 24.1. The maximum absolute atomic E-state index is 13.3. The summed E-state index contributed by atoms with van der Waals surface area (Å²) in [5.41, 5.74) is 2.60. The third-order valence-corrected chi connectivity index (χ3v) is 6.31. The quantitative estimate of drug-likeness (QED) is 0.183. The first-order valence-corrected chi connectivity index (χ1v) is 12.3. The van der Waals surface area contributed by atoms with Crippen LogP contribution in [-0.2, 0) is 0 Å². The third-order valence-electron chi connectivity index (χ3n) is 6.31. The van der Waals surface area contributed by atoms with Crippen molar-refractivity contribution in [2.45, 2.75) is 123 Å². The first-order chi connectivity index (χ1) is 13.2. The third kappa shape index (κ3) is 13.9. The molecule has 0 heterocycles. The van der Waals surface area contributed by atoms with Gasteiger partial charge in [0.2, 0.25) is 0 Å². The Labute approximate surface area is 170 Å². The molecule has 0 fully saturated rings. The zero-order valence-corrected chi connectivity index (χ0v) is 18.6. The molecular formula is C25H45BF-. The van der Waals surface area contributed by atoms with Crippen molar-refractivity contribution >= 4 is 12.7 Å². The van der Waals surface area contributed by atoms with Crippen LogP contribution in [-0.4, -0.2) is 7.28 Å². The van der Waals surface area contributed by atoms with Crippen molar-refractivity contribution in [3.63, 3.8) is 0 Å².